The van der Waals surface area contributed by atoms with Gasteiger partial charge in [-0.05, 0) is 67.4 Å². The van der Waals surface area contributed by atoms with Gasteiger partial charge in [-0.25, -0.2) is 14.2 Å². The SMILES string of the molecule is CCOC(=O)C1=C(O)/C(=C/c2ccc(OCc3cccc(F)c3)c(OC)c2)SC1=NC(=O)c1ccc(C)cc1. The highest BCUT2D eigenvalue weighted by Gasteiger charge is 2.34. The van der Waals surface area contributed by atoms with Crippen LogP contribution in [-0.4, -0.2) is 35.7 Å². The number of amides is 1. The molecular formula is C30H26FNO6S. The maximum atomic E-state index is 13.5. The van der Waals surface area contributed by atoms with Gasteiger partial charge < -0.3 is 19.3 Å². The summed E-state index contributed by atoms with van der Waals surface area (Å²) in [6.45, 7) is 3.78. The fourth-order valence-electron chi connectivity index (χ4n) is 3.68. The summed E-state index contributed by atoms with van der Waals surface area (Å²) in [4.78, 5) is 29.9. The van der Waals surface area contributed by atoms with Gasteiger partial charge in [0.25, 0.3) is 5.91 Å². The van der Waals surface area contributed by atoms with Crippen LogP contribution in [0, 0.1) is 12.7 Å². The van der Waals surface area contributed by atoms with Gasteiger partial charge >= 0.3 is 5.97 Å². The molecule has 1 heterocycles. The molecule has 1 aliphatic heterocycles. The van der Waals surface area contributed by atoms with Crippen LogP contribution in [0.5, 0.6) is 11.5 Å². The molecule has 0 fully saturated rings. The number of carbonyl (C=O) groups is 2. The maximum Gasteiger partial charge on any atom is 0.344 e. The van der Waals surface area contributed by atoms with Gasteiger partial charge in [0.15, 0.2) is 11.5 Å². The molecule has 3 aromatic rings. The zero-order valence-electron chi connectivity index (χ0n) is 21.6. The van der Waals surface area contributed by atoms with Crippen LogP contribution in [0.2, 0.25) is 0 Å². The topological polar surface area (TPSA) is 94.4 Å². The molecule has 0 spiro atoms. The third-order valence-electron chi connectivity index (χ3n) is 5.64. The highest BCUT2D eigenvalue weighted by atomic mass is 32.2. The highest BCUT2D eigenvalue weighted by molar-refractivity contribution is 8.18. The van der Waals surface area contributed by atoms with E-state index in [4.69, 9.17) is 14.2 Å². The van der Waals surface area contributed by atoms with Crippen molar-refractivity contribution < 1.29 is 33.3 Å². The van der Waals surface area contributed by atoms with Crippen LogP contribution in [0.3, 0.4) is 0 Å². The molecule has 4 rings (SSSR count). The number of aryl methyl sites for hydroxylation is 1. The average molecular weight is 548 g/mol. The van der Waals surface area contributed by atoms with Gasteiger partial charge in [-0.3, -0.25) is 4.79 Å². The molecule has 0 unspecified atom stereocenters. The first kappa shape index (κ1) is 27.7. The number of rotatable bonds is 8. The third kappa shape index (κ3) is 6.74. The smallest absolute Gasteiger partial charge is 0.344 e. The Morgan fingerprint density at radius 3 is 2.51 bits per heavy atom. The predicted octanol–water partition coefficient (Wildman–Crippen LogP) is 6.42. The van der Waals surface area contributed by atoms with Gasteiger partial charge in [0.2, 0.25) is 0 Å². The number of hydrogen-bond donors (Lipinski definition) is 1. The van der Waals surface area contributed by atoms with E-state index in [9.17, 15) is 19.1 Å². The van der Waals surface area contributed by atoms with Crippen LogP contribution in [0.4, 0.5) is 4.39 Å². The number of aliphatic imine (C=N–C) groups is 1. The molecule has 1 amide bonds. The number of aliphatic hydroxyl groups is 1. The van der Waals surface area contributed by atoms with Gasteiger partial charge in [0, 0.05) is 5.56 Å². The number of ether oxygens (including phenoxy) is 3. The molecule has 0 aliphatic carbocycles. The fourth-order valence-corrected chi connectivity index (χ4v) is 4.69. The monoisotopic (exact) mass is 547 g/mol. The van der Waals surface area contributed by atoms with E-state index in [1.165, 1.54) is 19.2 Å². The number of thioether (sulfide) groups is 1. The number of nitrogens with zero attached hydrogens (tertiary/aromatic N) is 1. The maximum absolute atomic E-state index is 13.5. The lowest BCUT2D eigenvalue weighted by Gasteiger charge is -2.12. The van der Waals surface area contributed by atoms with Crippen molar-refractivity contribution in [2.45, 2.75) is 20.5 Å². The standard InChI is InChI=1S/C30H26FNO6S/c1-4-37-30(35)26-27(33)25(39-29(26)32-28(34)21-11-8-18(2)9-12-21)16-19-10-13-23(24(15-19)36-3)38-17-20-6-5-7-22(31)14-20/h5-16,33H,4,17H2,1-3H3/b25-16-,32-29?. The lowest BCUT2D eigenvalue weighted by molar-refractivity contribution is -0.138. The van der Waals surface area contributed by atoms with Crippen LogP contribution in [0.1, 0.15) is 34.0 Å². The number of aliphatic hydroxyl groups excluding tert-OH is 1. The number of benzene rings is 3. The van der Waals surface area contributed by atoms with Crippen LogP contribution in [-0.2, 0) is 16.1 Å². The summed E-state index contributed by atoms with van der Waals surface area (Å²) in [5.41, 5.74) is 2.47. The summed E-state index contributed by atoms with van der Waals surface area (Å²) in [5.74, 6) is -1.14. The Hall–Kier alpha value is -4.37. The van der Waals surface area contributed by atoms with E-state index in [2.05, 4.69) is 4.99 Å². The first-order valence-electron chi connectivity index (χ1n) is 12.0. The first-order chi connectivity index (χ1) is 18.8. The molecule has 200 valence electrons. The van der Waals surface area contributed by atoms with Crippen LogP contribution < -0.4 is 9.47 Å². The van der Waals surface area contributed by atoms with Crippen molar-refractivity contribution in [3.63, 3.8) is 0 Å². The van der Waals surface area contributed by atoms with Gasteiger partial charge in [0.1, 0.15) is 28.8 Å². The van der Waals surface area contributed by atoms with E-state index in [1.807, 2.05) is 6.92 Å². The van der Waals surface area contributed by atoms with Gasteiger partial charge in [-0.1, -0.05) is 47.7 Å². The Labute approximate surface area is 229 Å². The van der Waals surface area contributed by atoms with Gasteiger partial charge in [-0.15, -0.1) is 0 Å². The summed E-state index contributed by atoms with van der Waals surface area (Å²) in [6.07, 6.45) is 1.64. The summed E-state index contributed by atoms with van der Waals surface area (Å²) in [7, 11) is 1.49. The van der Waals surface area contributed by atoms with Crippen LogP contribution >= 0.6 is 11.8 Å². The third-order valence-corrected chi connectivity index (χ3v) is 6.66. The van der Waals surface area contributed by atoms with Crippen LogP contribution in [0.15, 0.2) is 88.0 Å². The van der Waals surface area contributed by atoms with E-state index in [0.29, 0.717) is 33.1 Å². The highest BCUT2D eigenvalue weighted by Crippen LogP contribution is 2.40. The second kappa shape index (κ2) is 12.4. The molecule has 7 nitrogen and oxygen atoms in total. The molecule has 0 radical (unpaired) electrons. The average Bonchev–Trinajstić information content (AvgIpc) is 3.22. The van der Waals surface area contributed by atoms with E-state index in [1.54, 1.807) is 67.6 Å². The summed E-state index contributed by atoms with van der Waals surface area (Å²) >= 11 is 0.986. The molecule has 1 aliphatic rings. The zero-order valence-corrected chi connectivity index (χ0v) is 22.4. The Morgan fingerprint density at radius 2 is 1.82 bits per heavy atom. The molecule has 9 heteroatoms. The number of halogens is 1. The van der Waals surface area contributed by atoms with E-state index < -0.39 is 11.9 Å². The van der Waals surface area contributed by atoms with E-state index in [-0.39, 0.29) is 35.4 Å². The van der Waals surface area contributed by atoms with Gasteiger partial charge in [-0.2, -0.15) is 0 Å². The van der Waals surface area contributed by atoms with Crippen molar-refractivity contribution in [1.82, 2.24) is 0 Å². The zero-order chi connectivity index (χ0) is 27.9. The fraction of sp³-hybridized carbons (Fsp3) is 0.167. The number of hydrogen-bond acceptors (Lipinski definition) is 7. The minimum absolute atomic E-state index is 0.0461. The van der Waals surface area contributed by atoms with Crippen molar-refractivity contribution >= 4 is 34.8 Å². The molecule has 1 N–H and O–H groups in total. The Morgan fingerprint density at radius 1 is 1.05 bits per heavy atom. The second-order valence-corrected chi connectivity index (χ2v) is 9.50. The normalized spacial score (nSPS) is 15.1. The molecular weight excluding hydrogens is 521 g/mol. The Balaban J connectivity index is 1.61. The summed E-state index contributed by atoms with van der Waals surface area (Å²) in [6, 6.07) is 18.1. The van der Waals surface area contributed by atoms with E-state index >= 15 is 0 Å². The summed E-state index contributed by atoms with van der Waals surface area (Å²) < 4.78 is 29.8. The number of esters is 1. The van der Waals surface area contributed by atoms with Crippen molar-refractivity contribution in [3.8, 4) is 11.5 Å². The number of carbonyl (C=O) groups excluding carboxylic acids is 2. The molecule has 0 saturated carbocycles. The predicted molar refractivity (Wildman–Crippen MR) is 149 cm³/mol. The Bertz CT molecular complexity index is 1490. The lowest BCUT2D eigenvalue weighted by Crippen LogP contribution is -2.14. The van der Waals surface area contributed by atoms with Gasteiger partial charge in [0.05, 0.1) is 18.6 Å². The summed E-state index contributed by atoms with van der Waals surface area (Å²) in [5, 5.41) is 11.0. The first-order valence-corrected chi connectivity index (χ1v) is 12.9. The molecule has 0 saturated heterocycles. The van der Waals surface area contributed by atoms with Crippen molar-refractivity contribution in [1.29, 1.82) is 0 Å². The second-order valence-electron chi connectivity index (χ2n) is 8.47. The lowest BCUT2D eigenvalue weighted by atomic mass is 10.1. The van der Waals surface area contributed by atoms with E-state index in [0.717, 1.165) is 17.3 Å². The van der Waals surface area contributed by atoms with Crippen LogP contribution in [0.25, 0.3) is 6.08 Å². The molecule has 0 atom stereocenters. The number of methoxy groups -OCH3 is 1. The minimum Gasteiger partial charge on any atom is -0.506 e. The quantitative estimate of drug-likeness (QED) is 0.325. The minimum atomic E-state index is -0.778. The van der Waals surface area contributed by atoms with Crippen molar-refractivity contribution in [2.75, 3.05) is 13.7 Å². The molecule has 0 bridgehead atoms. The largest absolute Gasteiger partial charge is 0.506 e. The molecule has 3 aromatic carbocycles. The molecule has 0 aromatic heterocycles. The Kier molecular flexibility index (Phi) is 8.83. The van der Waals surface area contributed by atoms with Crippen molar-refractivity contribution in [2.24, 2.45) is 4.99 Å². The van der Waals surface area contributed by atoms with Crippen molar-refractivity contribution in [3.05, 3.63) is 111 Å². The molecule has 39 heavy (non-hydrogen) atoms.